The summed E-state index contributed by atoms with van der Waals surface area (Å²) in [5.74, 6) is -1.82. The minimum Gasteiger partial charge on any atom is -0.466 e. The first-order valence-corrected chi connectivity index (χ1v) is 4.89. The van der Waals surface area contributed by atoms with Crippen molar-refractivity contribution >= 4 is 11.8 Å². The largest absolute Gasteiger partial charge is 0.466 e. The molecule has 0 aromatic heterocycles. The molecule has 0 saturated heterocycles. The molecule has 0 saturated carbocycles. The van der Waals surface area contributed by atoms with E-state index in [1.165, 1.54) is 6.92 Å². The van der Waals surface area contributed by atoms with Crippen LogP contribution in [0.2, 0.25) is 0 Å². The highest BCUT2D eigenvalue weighted by Crippen LogP contribution is 2.17. The van der Waals surface area contributed by atoms with Crippen molar-refractivity contribution in [2.75, 3.05) is 6.61 Å². The molecule has 0 spiro atoms. The van der Waals surface area contributed by atoms with Gasteiger partial charge in [0.15, 0.2) is 5.78 Å². The second-order valence-electron chi connectivity index (χ2n) is 3.58. The van der Waals surface area contributed by atoms with Crippen LogP contribution in [0, 0.1) is 5.92 Å². The third kappa shape index (κ3) is 4.74. The number of hydrogen-bond donors (Lipinski definition) is 1. The van der Waals surface area contributed by atoms with Crippen LogP contribution in [0.4, 0.5) is 0 Å². The van der Waals surface area contributed by atoms with E-state index in [1.807, 2.05) is 0 Å². The van der Waals surface area contributed by atoms with Gasteiger partial charge in [-0.05, 0) is 27.2 Å². The average molecular weight is 214 g/mol. The van der Waals surface area contributed by atoms with E-state index in [9.17, 15) is 14.7 Å². The Bertz CT molecular complexity index is 257. The van der Waals surface area contributed by atoms with E-state index in [2.05, 4.69) is 6.58 Å². The lowest BCUT2D eigenvalue weighted by atomic mass is 9.93. The second kappa shape index (κ2) is 6.35. The highest BCUT2D eigenvalue weighted by Gasteiger charge is 2.30. The van der Waals surface area contributed by atoms with Gasteiger partial charge < -0.3 is 9.84 Å². The maximum Gasteiger partial charge on any atom is 0.312 e. The van der Waals surface area contributed by atoms with Crippen LogP contribution in [-0.2, 0) is 14.3 Å². The minimum absolute atomic E-state index is 0.232. The number of rotatable bonds is 6. The minimum atomic E-state index is -1.30. The van der Waals surface area contributed by atoms with Gasteiger partial charge in [-0.1, -0.05) is 5.57 Å². The molecule has 0 aromatic carbocycles. The fraction of sp³-hybridized carbons (Fsp3) is 0.636. The van der Waals surface area contributed by atoms with Crippen LogP contribution >= 0.6 is 0 Å². The number of aliphatic hydroxyl groups excluding tert-OH is 1. The Morgan fingerprint density at radius 3 is 2.27 bits per heavy atom. The number of ketones is 1. The Hall–Kier alpha value is -1.16. The van der Waals surface area contributed by atoms with Crippen LogP contribution in [0.3, 0.4) is 0 Å². The number of esters is 1. The molecular formula is C11H18O4. The van der Waals surface area contributed by atoms with Crippen molar-refractivity contribution in [3.8, 4) is 0 Å². The Morgan fingerprint density at radius 2 is 1.93 bits per heavy atom. The average Bonchev–Trinajstić information content (AvgIpc) is 2.13. The lowest BCUT2D eigenvalue weighted by Gasteiger charge is -2.19. The fourth-order valence-corrected chi connectivity index (χ4v) is 1.23. The number of allylic oxidation sites excluding steroid dienone is 1. The van der Waals surface area contributed by atoms with Gasteiger partial charge in [-0.3, -0.25) is 9.59 Å². The molecule has 15 heavy (non-hydrogen) atoms. The summed E-state index contributed by atoms with van der Waals surface area (Å²) in [7, 11) is 0. The molecule has 86 valence electrons. The van der Waals surface area contributed by atoms with Crippen LogP contribution in [0.25, 0.3) is 0 Å². The smallest absolute Gasteiger partial charge is 0.312 e. The second-order valence-corrected chi connectivity index (χ2v) is 3.58. The van der Waals surface area contributed by atoms with Gasteiger partial charge in [0.05, 0.1) is 12.5 Å². The van der Waals surface area contributed by atoms with E-state index in [-0.39, 0.29) is 13.0 Å². The molecule has 0 heterocycles. The quantitative estimate of drug-likeness (QED) is 0.531. The van der Waals surface area contributed by atoms with Crippen molar-refractivity contribution in [1.82, 2.24) is 0 Å². The molecule has 2 atom stereocenters. The molecule has 2 unspecified atom stereocenters. The van der Waals surface area contributed by atoms with E-state index < -0.39 is 23.8 Å². The van der Waals surface area contributed by atoms with Gasteiger partial charge in [0.1, 0.15) is 6.10 Å². The van der Waals surface area contributed by atoms with Gasteiger partial charge in [0.25, 0.3) is 0 Å². The van der Waals surface area contributed by atoms with E-state index in [1.54, 1.807) is 13.8 Å². The zero-order valence-electron chi connectivity index (χ0n) is 9.45. The fourth-order valence-electron chi connectivity index (χ4n) is 1.23. The summed E-state index contributed by atoms with van der Waals surface area (Å²) in [5, 5.41) is 9.54. The van der Waals surface area contributed by atoms with Gasteiger partial charge in [-0.15, -0.1) is 6.58 Å². The van der Waals surface area contributed by atoms with Crippen LogP contribution in [-0.4, -0.2) is 29.6 Å². The molecule has 1 N–H and O–H groups in total. The molecule has 0 radical (unpaired) electrons. The molecule has 4 nitrogen and oxygen atoms in total. The van der Waals surface area contributed by atoms with Crippen LogP contribution < -0.4 is 0 Å². The normalized spacial score (nSPS) is 14.1. The van der Waals surface area contributed by atoms with Gasteiger partial charge in [0, 0.05) is 0 Å². The van der Waals surface area contributed by atoms with Crippen molar-refractivity contribution in [2.45, 2.75) is 33.3 Å². The summed E-state index contributed by atoms with van der Waals surface area (Å²) in [5.41, 5.74) is 0.730. The number of carbonyl (C=O) groups is 2. The topological polar surface area (TPSA) is 63.6 Å². The standard InChI is InChI=1S/C11H18O4/c1-5-15-11(14)9(6-7(2)3)10(13)8(4)12/h9-10,13H,2,5-6H2,1,3-4H3. The molecule has 0 amide bonds. The zero-order valence-corrected chi connectivity index (χ0v) is 9.45. The van der Waals surface area contributed by atoms with Crippen molar-refractivity contribution in [3.05, 3.63) is 12.2 Å². The van der Waals surface area contributed by atoms with E-state index in [0.29, 0.717) is 0 Å². The van der Waals surface area contributed by atoms with Crippen LogP contribution in [0.5, 0.6) is 0 Å². The molecule has 0 aromatic rings. The van der Waals surface area contributed by atoms with Crippen LogP contribution in [0.1, 0.15) is 27.2 Å². The Kier molecular flexibility index (Phi) is 5.86. The van der Waals surface area contributed by atoms with E-state index in [0.717, 1.165) is 5.57 Å². The van der Waals surface area contributed by atoms with Crippen molar-refractivity contribution in [2.24, 2.45) is 5.92 Å². The number of carbonyl (C=O) groups excluding carboxylic acids is 2. The molecule has 0 aliphatic carbocycles. The Balaban J connectivity index is 4.63. The van der Waals surface area contributed by atoms with Crippen molar-refractivity contribution in [3.63, 3.8) is 0 Å². The molecule has 4 heteroatoms. The molecule has 0 bridgehead atoms. The van der Waals surface area contributed by atoms with E-state index >= 15 is 0 Å². The molecule has 0 rings (SSSR count). The summed E-state index contributed by atoms with van der Waals surface area (Å²) in [6.07, 6.45) is -1.04. The number of Topliss-reactive ketones (excluding diaryl/α,β-unsaturated/α-hetero) is 1. The SMILES string of the molecule is C=C(C)CC(C(=O)OCC)C(O)C(C)=O. The molecule has 0 aliphatic rings. The lowest BCUT2D eigenvalue weighted by molar-refractivity contribution is -0.155. The number of ether oxygens (including phenoxy) is 1. The molecule has 0 fully saturated rings. The summed E-state index contributed by atoms with van der Waals surface area (Å²) < 4.78 is 4.78. The third-order valence-electron chi connectivity index (χ3n) is 1.96. The highest BCUT2D eigenvalue weighted by molar-refractivity contribution is 5.87. The third-order valence-corrected chi connectivity index (χ3v) is 1.96. The van der Waals surface area contributed by atoms with Gasteiger partial charge in [0.2, 0.25) is 0 Å². The zero-order chi connectivity index (χ0) is 12.0. The summed E-state index contributed by atoms with van der Waals surface area (Å²) in [6.45, 7) is 8.54. The highest BCUT2D eigenvalue weighted by atomic mass is 16.5. The monoisotopic (exact) mass is 214 g/mol. The predicted octanol–water partition coefficient (Wildman–Crippen LogP) is 1.08. The number of aliphatic hydroxyl groups is 1. The molecular weight excluding hydrogens is 196 g/mol. The maximum atomic E-state index is 11.4. The lowest BCUT2D eigenvalue weighted by Crippen LogP contribution is -2.35. The van der Waals surface area contributed by atoms with Gasteiger partial charge in [-0.2, -0.15) is 0 Å². The van der Waals surface area contributed by atoms with E-state index in [4.69, 9.17) is 4.74 Å². The van der Waals surface area contributed by atoms with Crippen molar-refractivity contribution < 1.29 is 19.4 Å². The first kappa shape index (κ1) is 13.8. The predicted molar refractivity (Wildman–Crippen MR) is 56.2 cm³/mol. The van der Waals surface area contributed by atoms with Gasteiger partial charge in [-0.25, -0.2) is 0 Å². The Morgan fingerprint density at radius 1 is 1.40 bits per heavy atom. The first-order chi connectivity index (χ1) is 6.90. The number of hydrogen-bond acceptors (Lipinski definition) is 4. The first-order valence-electron chi connectivity index (χ1n) is 4.89. The molecule has 0 aliphatic heterocycles. The van der Waals surface area contributed by atoms with Crippen molar-refractivity contribution in [1.29, 1.82) is 0 Å². The summed E-state index contributed by atoms with van der Waals surface area (Å²) in [6, 6.07) is 0. The Labute approximate surface area is 89.9 Å². The van der Waals surface area contributed by atoms with Gasteiger partial charge >= 0.3 is 5.97 Å². The summed E-state index contributed by atoms with van der Waals surface area (Å²) in [4.78, 5) is 22.4. The maximum absolute atomic E-state index is 11.4. The van der Waals surface area contributed by atoms with Crippen LogP contribution in [0.15, 0.2) is 12.2 Å². The summed E-state index contributed by atoms with van der Waals surface area (Å²) >= 11 is 0.